The lowest BCUT2D eigenvalue weighted by Crippen LogP contribution is -2.60. The first-order valence-corrected chi connectivity index (χ1v) is 14.4. The van der Waals surface area contributed by atoms with Crippen molar-refractivity contribution < 1.29 is 39.0 Å². The maximum atomic E-state index is 13.4. The molecule has 0 spiro atoms. The van der Waals surface area contributed by atoms with E-state index in [-0.39, 0.29) is 31.3 Å². The predicted octanol–water partition coefficient (Wildman–Crippen LogP) is -1.39. The van der Waals surface area contributed by atoms with Crippen LogP contribution in [0.3, 0.4) is 0 Å². The van der Waals surface area contributed by atoms with Crippen LogP contribution in [0.15, 0.2) is 4.99 Å². The Hall–Kier alpha value is -3.95. The lowest BCUT2D eigenvalue weighted by atomic mass is 9.97. The lowest BCUT2D eigenvalue weighted by molar-refractivity contribution is -0.143. The van der Waals surface area contributed by atoms with Crippen LogP contribution in [0.25, 0.3) is 0 Å². The molecule has 0 saturated carbocycles. The number of nitrogens with one attached hydrogen (secondary N) is 4. The van der Waals surface area contributed by atoms with E-state index in [2.05, 4.69) is 26.3 Å². The number of aliphatic carboxylic acids is 2. The van der Waals surface area contributed by atoms with Gasteiger partial charge in [-0.1, -0.05) is 48.0 Å². The number of guanidine groups is 1. The van der Waals surface area contributed by atoms with E-state index in [1.54, 1.807) is 27.7 Å². The van der Waals surface area contributed by atoms with Crippen LogP contribution >= 0.6 is 0 Å². The van der Waals surface area contributed by atoms with Crippen molar-refractivity contribution in [1.29, 1.82) is 0 Å². The minimum absolute atomic E-state index is 0.124. The summed E-state index contributed by atoms with van der Waals surface area (Å²) in [7, 11) is 0. The molecule has 0 fully saturated rings. The maximum absolute atomic E-state index is 13.4. The summed E-state index contributed by atoms with van der Waals surface area (Å²) in [6, 6.07) is -5.74. The molecule has 0 bridgehead atoms. The van der Waals surface area contributed by atoms with Crippen LogP contribution in [-0.4, -0.2) is 88.5 Å². The molecule has 0 aliphatic heterocycles. The number of nitrogens with two attached hydrogens (primary N) is 3. The van der Waals surface area contributed by atoms with Crippen molar-refractivity contribution in [2.45, 2.75) is 104 Å². The number of carboxylic acid groups (broad SMARTS) is 2. The summed E-state index contributed by atoms with van der Waals surface area (Å²) >= 11 is 0. The average molecular weight is 615 g/mol. The summed E-state index contributed by atoms with van der Waals surface area (Å²) in [6.07, 6.45) is 0.274. The molecule has 0 unspecified atom stereocenters. The maximum Gasteiger partial charge on any atom is 0.326 e. The highest BCUT2D eigenvalue weighted by atomic mass is 16.4. The van der Waals surface area contributed by atoms with Crippen molar-refractivity contribution in [3.05, 3.63) is 0 Å². The monoisotopic (exact) mass is 614 g/mol. The average Bonchev–Trinajstić information content (AvgIpc) is 2.91. The quantitative estimate of drug-likeness (QED) is 0.0437. The second-order valence-electron chi connectivity index (χ2n) is 11.2. The summed E-state index contributed by atoms with van der Waals surface area (Å²) in [4.78, 5) is 78.7. The zero-order valence-corrected chi connectivity index (χ0v) is 25.9. The van der Waals surface area contributed by atoms with E-state index in [0.717, 1.165) is 0 Å². The second-order valence-corrected chi connectivity index (χ2v) is 11.2. The Bertz CT molecular complexity index is 999. The number of rotatable bonds is 20. The number of aliphatic imine (C=N–C) groups is 1. The Balaban J connectivity index is 5.82. The fraction of sp³-hybridized carbons (Fsp3) is 0.741. The largest absolute Gasteiger partial charge is 0.481 e. The molecule has 16 heteroatoms. The number of carbonyl (C=O) groups is 6. The molecule has 0 radical (unpaired) electrons. The molecule has 6 atom stereocenters. The summed E-state index contributed by atoms with van der Waals surface area (Å²) in [5.41, 5.74) is 16.8. The van der Waals surface area contributed by atoms with Crippen LogP contribution < -0.4 is 38.5 Å². The molecular weight excluding hydrogens is 564 g/mol. The standard InChI is InChI=1S/C27H50N8O8/c1-7-15(6)19(28)23(39)32-16(9-8-12-31-27(29)30)22(38)34-21(14(4)5)25(41)35-20(13(2)3)24(40)33-17(26(42)43)10-11-18(36)37/h13-17,19-21H,7-12,28H2,1-6H3,(H,32,39)(H,33,40)(H,34,38)(H,35,41)(H,36,37)(H,42,43)(H4,29,30,31)/t15-,16-,17-,19-,20-,21-/m0/s1. The third kappa shape index (κ3) is 14.7. The van der Waals surface area contributed by atoms with Gasteiger partial charge in [-0.3, -0.25) is 29.0 Å². The van der Waals surface area contributed by atoms with E-state index >= 15 is 0 Å². The fourth-order valence-electron chi connectivity index (χ4n) is 3.91. The Morgan fingerprint density at radius 3 is 1.65 bits per heavy atom. The minimum atomic E-state index is -1.48. The molecule has 0 aromatic carbocycles. The molecule has 4 amide bonds. The molecule has 0 aliphatic carbocycles. The zero-order valence-electron chi connectivity index (χ0n) is 25.9. The number of carbonyl (C=O) groups excluding carboxylic acids is 4. The smallest absolute Gasteiger partial charge is 0.326 e. The van der Waals surface area contributed by atoms with Crippen molar-refractivity contribution in [3.63, 3.8) is 0 Å². The van der Waals surface area contributed by atoms with Crippen molar-refractivity contribution in [2.24, 2.45) is 39.9 Å². The Morgan fingerprint density at radius 2 is 1.21 bits per heavy atom. The van der Waals surface area contributed by atoms with Gasteiger partial charge in [0.1, 0.15) is 24.2 Å². The second kappa shape index (κ2) is 19.3. The van der Waals surface area contributed by atoms with Gasteiger partial charge in [0.05, 0.1) is 6.04 Å². The third-order valence-electron chi connectivity index (χ3n) is 6.89. The Kier molecular flexibility index (Phi) is 17.5. The third-order valence-corrected chi connectivity index (χ3v) is 6.89. The predicted molar refractivity (Wildman–Crippen MR) is 159 cm³/mol. The van der Waals surface area contributed by atoms with E-state index in [9.17, 15) is 33.9 Å². The van der Waals surface area contributed by atoms with Crippen LogP contribution in [0.2, 0.25) is 0 Å². The lowest BCUT2D eigenvalue weighted by Gasteiger charge is -2.29. The molecule has 12 N–H and O–H groups in total. The van der Waals surface area contributed by atoms with Gasteiger partial charge in [0.2, 0.25) is 23.6 Å². The number of amides is 4. The van der Waals surface area contributed by atoms with Gasteiger partial charge >= 0.3 is 11.9 Å². The molecule has 43 heavy (non-hydrogen) atoms. The number of carboxylic acids is 2. The van der Waals surface area contributed by atoms with Gasteiger partial charge in [0.15, 0.2) is 5.96 Å². The van der Waals surface area contributed by atoms with Crippen LogP contribution in [0.1, 0.15) is 73.6 Å². The number of hydrogen-bond donors (Lipinski definition) is 9. The summed E-state index contributed by atoms with van der Waals surface area (Å²) < 4.78 is 0. The van der Waals surface area contributed by atoms with Gasteiger partial charge in [-0.15, -0.1) is 0 Å². The summed E-state index contributed by atoms with van der Waals surface area (Å²) in [5, 5.41) is 28.4. The topological polar surface area (TPSA) is 281 Å². The van der Waals surface area contributed by atoms with Crippen LogP contribution in [0, 0.1) is 17.8 Å². The van der Waals surface area contributed by atoms with Gasteiger partial charge < -0.3 is 48.7 Å². The molecule has 0 heterocycles. The Labute approximate surface area is 252 Å². The highest BCUT2D eigenvalue weighted by Gasteiger charge is 2.34. The summed E-state index contributed by atoms with van der Waals surface area (Å²) in [6.45, 7) is 10.5. The number of hydrogen-bond acceptors (Lipinski definition) is 8. The van der Waals surface area contributed by atoms with Crippen molar-refractivity contribution in [2.75, 3.05) is 6.54 Å². The molecule has 16 nitrogen and oxygen atoms in total. The van der Waals surface area contributed by atoms with E-state index in [1.807, 2.05) is 13.8 Å². The molecule has 246 valence electrons. The van der Waals surface area contributed by atoms with Crippen LogP contribution in [-0.2, 0) is 28.8 Å². The normalized spacial score (nSPS) is 15.3. The summed E-state index contributed by atoms with van der Waals surface area (Å²) in [5.74, 6) is -6.59. The SMILES string of the molecule is CC[C@H](C)[C@H](N)C(=O)N[C@@H](CCCN=C(N)N)C(=O)N[C@H](C(=O)N[C@H](C(=O)N[C@@H](CCC(=O)O)C(=O)O)C(C)C)C(C)C. The first-order chi connectivity index (χ1) is 19.9. The van der Waals surface area contributed by atoms with Gasteiger partial charge in [-0.25, -0.2) is 4.79 Å². The van der Waals surface area contributed by atoms with Gasteiger partial charge in [0.25, 0.3) is 0 Å². The van der Waals surface area contributed by atoms with Gasteiger partial charge in [-0.2, -0.15) is 0 Å². The van der Waals surface area contributed by atoms with Crippen LogP contribution in [0.5, 0.6) is 0 Å². The molecule has 0 rings (SSSR count). The highest BCUT2D eigenvalue weighted by Crippen LogP contribution is 2.11. The van der Waals surface area contributed by atoms with Crippen LogP contribution in [0.4, 0.5) is 0 Å². The fourth-order valence-corrected chi connectivity index (χ4v) is 3.91. The molecular formula is C27H50N8O8. The van der Waals surface area contributed by atoms with Gasteiger partial charge in [-0.05, 0) is 37.0 Å². The molecule has 0 saturated heterocycles. The van der Waals surface area contributed by atoms with Gasteiger partial charge in [0, 0.05) is 13.0 Å². The van der Waals surface area contributed by atoms with E-state index in [0.29, 0.717) is 12.8 Å². The Morgan fingerprint density at radius 1 is 0.721 bits per heavy atom. The zero-order chi connectivity index (χ0) is 33.4. The van der Waals surface area contributed by atoms with Crippen molar-refractivity contribution >= 4 is 41.5 Å². The molecule has 0 aliphatic rings. The van der Waals surface area contributed by atoms with E-state index in [1.165, 1.54) is 0 Å². The molecule has 0 aromatic rings. The molecule has 0 aromatic heterocycles. The van der Waals surface area contributed by atoms with E-state index < -0.39 is 84.0 Å². The number of nitrogens with zero attached hydrogens (tertiary/aromatic N) is 1. The minimum Gasteiger partial charge on any atom is -0.481 e. The first-order valence-electron chi connectivity index (χ1n) is 14.4. The van der Waals surface area contributed by atoms with Crippen molar-refractivity contribution in [1.82, 2.24) is 21.3 Å². The first kappa shape index (κ1) is 39.0. The van der Waals surface area contributed by atoms with Crippen molar-refractivity contribution in [3.8, 4) is 0 Å². The highest BCUT2D eigenvalue weighted by molar-refractivity contribution is 5.95. The van der Waals surface area contributed by atoms with E-state index in [4.69, 9.17) is 22.3 Å².